The van der Waals surface area contributed by atoms with Gasteiger partial charge in [-0.25, -0.2) is 0 Å². The minimum absolute atomic E-state index is 0.0107. The summed E-state index contributed by atoms with van der Waals surface area (Å²) in [4.78, 5) is 27.0. The highest BCUT2D eigenvalue weighted by molar-refractivity contribution is 5.87. The maximum atomic E-state index is 13.7. The predicted molar refractivity (Wildman–Crippen MR) is 142 cm³/mol. The minimum Gasteiger partial charge on any atom is -0.469 e. The predicted octanol–water partition coefficient (Wildman–Crippen LogP) is 7.48. The van der Waals surface area contributed by atoms with Crippen LogP contribution < -0.4 is 0 Å². The maximum Gasteiger partial charge on any atom is 0.309 e. The monoisotopic (exact) mass is 490 g/mol. The molecule has 0 aromatic carbocycles. The Morgan fingerprint density at radius 1 is 1.11 bits per heavy atom. The molecule has 3 aliphatic carbocycles. The number of ketones is 1. The average molecular weight is 491 g/mol. The van der Waals surface area contributed by atoms with E-state index in [1.165, 1.54) is 32.8 Å². The number of rotatable bonds is 8. The van der Waals surface area contributed by atoms with E-state index >= 15 is 0 Å². The topological polar surface area (TPSA) is 52.6 Å². The number of carbonyl (C=O) groups is 2. The van der Waals surface area contributed by atoms with Gasteiger partial charge in [0.15, 0.2) is 0 Å². The number of methoxy groups -OCH3 is 1. The summed E-state index contributed by atoms with van der Waals surface area (Å²) in [5.74, 6) is 3.75. The van der Waals surface area contributed by atoms with Crippen LogP contribution in [0.2, 0.25) is 0 Å². The molecule has 35 heavy (non-hydrogen) atoms. The van der Waals surface area contributed by atoms with Crippen LogP contribution in [0.5, 0.6) is 0 Å². The van der Waals surface area contributed by atoms with Crippen LogP contribution in [-0.4, -0.2) is 30.6 Å². The standard InChI is InChI=1S/C31H54O4/c1-19(2)11-10-12-20(3)23-13-14-24-27(23)21(4)17-25(28(24)29(33)34-9)31(8)16-15-22(18-26(31)32)35-30(5,6)7/h19-25,27-28H,10-18H2,1-9H3/t20?,21-,22?,23?,24?,25?,27?,28?,31?/m1/s1. The highest BCUT2D eigenvalue weighted by Gasteiger charge is 2.59. The summed E-state index contributed by atoms with van der Waals surface area (Å²) in [6.07, 6.45) is 9.33. The molecular formula is C31H54O4. The van der Waals surface area contributed by atoms with Gasteiger partial charge in [0.25, 0.3) is 0 Å². The van der Waals surface area contributed by atoms with Gasteiger partial charge in [-0.1, -0.05) is 53.9 Å². The second-order valence-corrected chi connectivity index (χ2v) is 14.1. The molecule has 0 heterocycles. The lowest BCUT2D eigenvalue weighted by molar-refractivity contribution is -0.166. The van der Waals surface area contributed by atoms with Gasteiger partial charge in [-0.3, -0.25) is 9.59 Å². The molecule has 0 bridgehead atoms. The number of carbonyl (C=O) groups excluding carboxylic acids is 2. The molecule has 0 radical (unpaired) electrons. The summed E-state index contributed by atoms with van der Waals surface area (Å²) >= 11 is 0. The average Bonchev–Trinajstić information content (AvgIpc) is 3.20. The van der Waals surface area contributed by atoms with Gasteiger partial charge >= 0.3 is 5.97 Å². The SMILES string of the molecule is COC(=O)C1C2CCC(C(C)CCCC(C)C)C2[C@H](C)CC1C1(C)CCC(OC(C)(C)C)CC1=O. The van der Waals surface area contributed by atoms with Crippen molar-refractivity contribution >= 4 is 11.8 Å². The quantitative estimate of drug-likeness (QED) is 0.331. The van der Waals surface area contributed by atoms with E-state index in [0.717, 1.165) is 31.6 Å². The van der Waals surface area contributed by atoms with Gasteiger partial charge in [-0.05, 0) is 94.3 Å². The zero-order chi connectivity index (χ0) is 26.1. The van der Waals surface area contributed by atoms with Crippen LogP contribution in [0.1, 0.15) is 113 Å². The van der Waals surface area contributed by atoms with Gasteiger partial charge in [0.2, 0.25) is 0 Å². The molecular weight excluding hydrogens is 436 g/mol. The zero-order valence-electron chi connectivity index (χ0n) is 24.2. The van der Waals surface area contributed by atoms with E-state index in [1.807, 2.05) is 0 Å². The number of ether oxygens (including phenoxy) is 2. The van der Waals surface area contributed by atoms with E-state index in [1.54, 1.807) is 0 Å². The van der Waals surface area contributed by atoms with Crippen molar-refractivity contribution in [2.45, 2.75) is 125 Å². The third-order valence-corrected chi connectivity index (χ3v) is 10.0. The third-order valence-electron chi connectivity index (χ3n) is 10.0. The summed E-state index contributed by atoms with van der Waals surface area (Å²) < 4.78 is 11.6. The molecule has 3 rings (SSSR count). The summed E-state index contributed by atoms with van der Waals surface area (Å²) in [5, 5.41) is 0. The van der Waals surface area contributed by atoms with E-state index in [2.05, 4.69) is 55.4 Å². The fraction of sp³-hybridized carbons (Fsp3) is 0.935. The molecule has 3 aliphatic rings. The van der Waals surface area contributed by atoms with Crippen LogP contribution in [0.25, 0.3) is 0 Å². The molecule has 4 nitrogen and oxygen atoms in total. The van der Waals surface area contributed by atoms with Crippen molar-refractivity contribution in [1.82, 2.24) is 0 Å². The summed E-state index contributed by atoms with van der Waals surface area (Å²) in [6, 6.07) is 0. The molecule has 8 unspecified atom stereocenters. The van der Waals surface area contributed by atoms with Crippen molar-refractivity contribution in [3.05, 3.63) is 0 Å². The normalized spacial score (nSPS) is 38.9. The van der Waals surface area contributed by atoms with E-state index in [-0.39, 0.29) is 29.5 Å². The smallest absolute Gasteiger partial charge is 0.309 e. The number of Topliss-reactive ketones (excluding diaryl/α,β-unsaturated/α-hetero) is 1. The molecule has 9 atom stereocenters. The molecule has 4 heteroatoms. The molecule has 0 amide bonds. The van der Waals surface area contributed by atoms with Crippen LogP contribution in [0.4, 0.5) is 0 Å². The van der Waals surface area contributed by atoms with Crippen LogP contribution >= 0.6 is 0 Å². The van der Waals surface area contributed by atoms with Crippen LogP contribution in [0.3, 0.4) is 0 Å². The molecule has 0 aromatic rings. The molecule has 3 saturated carbocycles. The lowest BCUT2D eigenvalue weighted by Crippen LogP contribution is -2.53. The molecule has 0 aliphatic heterocycles. The Morgan fingerprint density at radius 2 is 1.80 bits per heavy atom. The van der Waals surface area contributed by atoms with Crippen molar-refractivity contribution in [2.75, 3.05) is 7.11 Å². The van der Waals surface area contributed by atoms with Gasteiger partial charge < -0.3 is 9.47 Å². The van der Waals surface area contributed by atoms with Crippen LogP contribution in [0, 0.1) is 52.8 Å². The van der Waals surface area contributed by atoms with Crippen molar-refractivity contribution < 1.29 is 19.1 Å². The van der Waals surface area contributed by atoms with Gasteiger partial charge in [-0.2, -0.15) is 0 Å². The van der Waals surface area contributed by atoms with Crippen LogP contribution in [0.15, 0.2) is 0 Å². The van der Waals surface area contributed by atoms with Crippen molar-refractivity contribution in [2.24, 2.45) is 52.8 Å². The molecule has 0 N–H and O–H groups in total. The molecule has 0 aromatic heterocycles. The molecule has 0 saturated heterocycles. The fourth-order valence-corrected chi connectivity index (χ4v) is 8.35. The number of hydrogen-bond donors (Lipinski definition) is 0. The Hall–Kier alpha value is -0.900. The second kappa shape index (κ2) is 11.2. The molecule has 0 spiro atoms. The Bertz CT molecular complexity index is 737. The van der Waals surface area contributed by atoms with Crippen molar-refractivity contribution in [1.29, 1.82) is 0 Å². The number of esters is 1. The molecule has 202 valence electrons. The second-order valence-electron chi connectivity index (χ2n) is 14.1. The summed E-state index contributed by atoms with van der Waals surface area (Å²) in [6.45, 7) is 17.8. The Morgan fingerprint density at radius 3 is 2.37 bits per heavy atom. The van der Waals surface area contributed by atoms with Crippen molar-refractivity contribution in [3.8, 4) is 0 Å². The van der Waals surface area contributed by atoms with Gasteiger partial charge in [-0.15, -0.1) is 0 Å². The summed E-state index contributed by atoms with van der Waals surface area (Å²) in [7, 11) is 1.53. The first-order valence-corrected chi connectivity index (χ1v) is 14.6. The van der Waals surface area contributed by atoms with E-state index in [9.17, 15) is 9.59 Å². The highest BCUT2D eigenvalue weighted by Crippen LogP contribution is 2.60. The van der Waals surface area contributed by atoms with E-state index in [4.69, 9.17) is 9.47 Å². The number of hydrogen-bond acceptors (Lipinski definition) is 4. The summed E-state index contributed by atoms with van der Waals surface area (Å²) in [5.41, 5.74) is -0.707. The zero-order valence-corrected chi connectivity index (χ0v) is 24.2. The lowest BCUT2D eigenvalue weighted by Gasteiger charge is -2.52. The Kier molecular flexibility index (Phi) is 9.20. The maximum absolute atomic E-state index is 13.7. The van der Waals surface area contributed by atoms with E-state index in [0.29, 0.717) is 41.8 Å². The fourth-order valence-electron chi connectivity index (χ4n) is 8.35. The minimum atomic E-state index is -0.462. The van der Waals surface area contributed by atoms with E-state index < -0.39 is 5.41 Å². The highest BCUT2D eigenvalue weighted by atomic mass is 16.5. The first kappa shape index (κ1) is 28.7. The first-order chi connectivity index (χ1) is 16.3. The van der Waals surface area contributed by atoms with Crippen molar-refractivity contribution in [3.63, 3.8) is 0 Å². The van der Waals surface area contributed by atoms with Gasteiger partial charge in [0, 0.05) is 11.8 Å². The van der Waals surface area contributed by atoms with Crippen LogP contribution in [-0.2, 0) is 19.1 Å². The third kappa shape index (κ3) is 6.33. The van der Waals surface area contributed by atoms with Gasteiger partial charge in [0.1, 0.15) is 5.78 Å². The number of fused-ring (bicyclic) bond motifs is 1. The Labute approximate surface area is 215 Å². The largest absolute Gasteiger partial charge is 0.469 e. The lowest BCUT2D eigenvalue weighted by atomic mass is 9.51. The first-order valence-electron chi connectivity index (χ1n) is 14.6. The molecule has 3 fully saturated rings. The van der Waals surface area contributed by atoms with Gasteiger partial charge in [0.05, 0.1) is 24.7 Å². The Balaban J connectivity index is 1.79.